The van der Waals surface area contributed by atoms with Crippen molar-refractivity contribution in [1.29, 1.82) is 0 Å². The predicted molar refractivity (Wildman–Crippen MR) is 101 cm³/mol. The zero-order valence-electron chi connectivity index (χ0n) is 15.3. The van der Waals surface area contributed by atoms with Crippen molar-refractivity contribution in [2.45, 2.75) is 51.8 Å². The van der Waals surface area contributed by atoms with Crippen molar-refractivity contribution < 1.29 is 4.74 Å². The normalized spacial score (nSPS) is 17.8. The molecule has 2 heterocycles. The average molecular weight is 340 g/mol. The molecule has 0 saturated carbocycles. The maximum atomic E-state index is 12.3. The second kappa shape index (κ2) is 8.34. The number of hydrogen-bond acceptors (Lipinski definition) is 3. The summed E-state index contributed by atoms with van der Waals surface area (Å²) in [5.74, 6) is 0.508. The van der Waals surface area contributed by atoms with Gasteiger partial charge in [-0.3, -0.25) is 4.79 Å². The van der Waals surface area contributed by atoms with Gasteiger partial charge in [0.1, 0.15) is 6.61 Å². The van der Waals surface area contributed by atoms with E-state index in [1.54, 1.807) is 6.07 Å². The van der Waals surface area contributed by atoms with Crippen molar-refractivity contribution >= 4 is 0 Å². The Balaban J connectivity index is 1.74. The number of ether oxygens (including phenoxy) is 1. The zero-order chi connectivity index (χ0) is 17.6. The average Bonchev–Trinajstić information content (AvgIpc) is 3.05. The number of aryl methyl sites for hydroxylation is 1. The molecule has 1 saturated heterocycles. The second-order valence-corrected chi connectivity index (χ2v) is 6.84. The third-order valence-electron chi connectivity index (χ3n) is 5.17. The van der Waals surface area contributed by atoms with Gasteiger partial charge in [-0.1, -0.05) is 37.3 Å². The Morgan fingerprint density at radius 2 is 2.00 bits per heavy atom. The number of nitrogens with zero attached hydrogens (tertiary/aromatic N) is 2. The fraction of sp³-hybridized carbons (Fsp3) is 0.476. The van der Waals surface area contributed by atoms with Crippen LogP contribution in [0.3, 0.4) is 0 Å². The molecule has 0 spiro atoms. The summed E-state index contributed by atoms with van der Waals surface area (Å²) in [6.07, 6.45) is 6.39. The van der Waals surface area contributed by atoms with E-state index >= 15 is 0 Å². The molecule has 1 atom stereocenters. The maximum Gasteiger partial charge on any atom is 0.223 e. The molecular formula is C21H28N2O2. The first-order valence-electron chi connectivity index (χ1n) is 9.28. The van der Waals surface area contributed by atoms with Gasteiger partial charge < -0.3 is 14.2 Å². The molecule has 1 aromatic heterocycles. The first-order valence-corrected chi connectivity index (χ1v) is 9.28. The minimum atomic E-state index is -0.0259. The molecule has 2 aromatic rings. The summed E-state index contributed by atoms with van der Waals surface area (Å²) >= 11 is 0. The monoisotopic (exact) mass is 340 g/mol. The molecule has 1 aromatic carbocycles. The molecule has 1 fully saturated rings. The first kappa shape index (κ1) is 17.7. The molecule has 4 heteroatoms. The van der Waals surface area contributed by atoms with Crippen LogP contribution in [-0.4, -0.2) is 29.1 Å². The van der Waals surface area contributed by atoms with Crippen molar-refractivity contribution in [3.63, 3.8) is 0 Å². The number of benzene rings is 1. The molecule has 1 unspecified atom stereocenters. The van der Waals surface area contributed by atoms with Gasteiger partial charge in [0.05, 0.1) is 5.69 Å². The van der Waals surface area contributed by atoms with E-state index in [1.165, 1.54) is 19.4 Å². The topological polar surface area (TPSA) is 34.5 Å². The van der Waals surface area contributed by atoms with Crippen LogP contribution in [0.2, 0.25) is 0 Å². The highest BCUT2D eigenvalue weighted by Crippen LogP contribution is 2.21. The fourth-order valence-corrected chi connectivity index (χ4v) is 3.69. The Hall–Kier alpha value is -2.07. The lowest BCUT2D eigenvalue weighted by atomic mass is 10.1. The summed E-state index contributed by atoms with van der Waals surface area (Å²) in [6.45, 7) is 4.64. The Labute approximate surface area is 150 Å². The molecule has 134 valence electrons. The van der Waals surface area contributed by atoms with E-state index in [4.69, 9.17) is 4.74 Å². The quantitative estimate of drug-likeness (QED) is 0.774. The molecule has 3 rings (SSSR count). The smallest absolute Gasteiger partial charge is 0.223 e. The van der Waals surface area contributed by atoms with E-state index in [1.807, 2.05) is 36.5 Å². The van der Waals surface area contributed by atoms with Crippen molar-refractivity contribution in [3.8, 4) is 5.75 Å². The van der Waals surface area contributed by atoms with Gasteiger partial charge in [-0.05, 0) is 44.8 Å². The van der Waals surface area contributed by atoms with Crippen LogP contribution in [0.25, 0.3) is 0 Å². The van der Waals surface area contributed by atoms with Crippen LogP contribution in [-0.2, 0) is 19.6 Å². The lowest BCUT2D eigenvalue weighted by molar-refractivity contribution is 0.279. The third-order valence-corrected chi connectivity index (χ3v) is 5.17. The Kier molecular flexibility index (Phi) is 5.92. The van der Waals surface area contributed by atoms with E-state index in [9.17, 15) is 4.79 Å². The van der Waals surface area contributed by atoms with Gasteiger partial charge in [-0.25, -0.2) is 0 Å². The molecular weight excluding hydrogens is 312 g/mol. The van der Waals surface area contributed by atoms with Crippen LogP contribution < -0.4 is 10.2 Å². The van der Waals surface area contributed by atoms with Crippen LogP contribution in [0, 0.1) is 0 Å². The first-order chi connectivity index (χ1) is 12.2. The van der Waals surface area contributed by atoms with Gasteiger partial charge in [0.15, 0.2) is 5.75 Å². The van der Waals surface area contributed by atoms with Gasteiger partial charge in [0.2, 0.25) is 5.43 Å². The van der Waals surface area contributed by atoms with E-state index in [0.717, 1.165) is 30.6 Å². The number of rotatable bonds is 7. The summed E-state index contributed by atoms with van der Waals surface area (Å²) in [7, 11) is 2.21. The zero-order valence-corrected chi connectivity index (χ0v) is 15.3. The summed E-state index contributed by atoms with van der Waals surface area (Å²) in [6, 6.07) is 12.3. The molecule has 0 bridgehead atoms. The molecule has 0 amide bonds. The van der Waals surface area contributed by atoms with E-state index < -0.39 is 0 Å². The molecule has 0 aliphatic carbocycles. The van der Waals surface area contributed by atoms with Crippen molar-refractivity contribution in [1.82, 2.24) is 9.47 Å². The Bertz CT molecular complexity index is 739. The van der Waals surface area contributed by atoms with Crippen LogP contribution in [0.15, 0.2) is 47.4 Å². The molecule has 0 N–H and O–H groups in total. The SMILES string of the molecule is CCc1c(OCc2ccccc2)c(=O)ccn1CCC1CCCN1C. The second-order valence-electron chi connectivity index (χ2n) is 6.84. The van der Waals surface area contributed by atoms with E-state index in [0.29, 0.717) is 18.4 Å². The number of aromatic nitrogens is 1. The van der Waals surface area contributed by atoms with Gasteiger partial charge in [0.25, 0.3) is 0 Å². The third kappa shape index (κ3) is 4.31. The maximum absolute atomic E-state index is 12.3. The Morgan fingerprint density at radius 1 is 1.20 bits per heavy atom. The number of hydrogen-bond donors (Lipinski definition) is 0. The van der Waals surface area contributed by atoms with Crippen LogP contribution >= 0.6 is 0 Å². The van der Waals surface area contributed by atoms with Crippen LogP contribution in [0.4, 0.5) is 0 Å². The highest BCUT2D eigenvalue weighted by molar-refractivity contribution is 5.29. The highest BCUT2D eigenvalue weighted by atomic mass is 16.5. The molecule has 4 nitrogen and oxygen atoms in total. The minimum Gasteiger partial charge on any atom is -0.483 e. The summed E-state index contributed by atoms with van der Waals surface area (Å²) in [5.41, 5.74) is 2.05. The standard InChI is InChI=1S/C21H28N2O2/c1-3-19-21(25-16-17-8-5-4-6-9-17)20(24)12-15-23(19)14-11-18-10-7-13-22(18)2/h4-6,8-9,12,15,18H,3,7,10-11,13-14,16H2,1-2H3. The minimum absolute atomic E-state index is 0.0259. The van der Waals surface area contributed by atoms with Crippen molar-refractivity contribution in [2.75, 3.05) is 13.6 Å². The van der Waals surface area contributed by atoms with Gasteiger partial charge in [-0.15, -0.1) is 0 Å². The summed E-state index contributed by atoms with van der Waals surface area (Å²) < 4.78 is 8.14. The Morgan fingerprint density at radius 3 is 2.68 bits per heavy atom. The van der Waals surface area contributed by atoms with Gasteiger partial charge in [0, 0.05) is 24.8 Å². The molecule has 1 aliphatic heterocycles. The summed E-state index contributed by atoms with van der Waals surface area (Å²) in [5, 5.41) is 0. The predicted octanol–water partition coefficient (Wildman–Crippen LogP) is 3.47. The van der Waals surface area contributed by atoms with E-state index in [2.05, 4.69) is 23.4 Å². The lowest BCUT2D eigenvalue weighted by Crippen LogP contribution is -2.27. The highest BCUT2D eigenvalue weighted by Gasteiger charge is 2.21. The van der Waals surface area contributed by atoms with Gasteiger partial charge >= 0.3 is 0 Å². The largest absolute Gasteiger partial charge is 0.483 e. The molecule has 0 radical (unpaired) electrons. The lowest BCUT2D eigenvalue weighted by Gasteiger charge is -2.22. The van der Waals surface area contributed by atoms with Gasteiger partial charge in [-0.2, -0.15) is 0 Å². The van der Waals surface area contributed by atoms with Crippen molar-refractivity contribution in [3.05, 3.63) is 64.1 Å². The molecule has 1 aliphatic rings. The number of pyridine rings is 1. The van der Waals surface area contributed by atoms with Crippen LogP contribution in [0.5, 0.6) is 5.75 Å². The van der Waals surface area contributed by atoms with Crippen LogP contribution in [0.1, 0.15) is 37.4 Å². The fourth-order valence-electron chi connectivity index (χ4n) is 3.69. The summed E-state index contributed by atoms with van der Waals surface area (Å²) in [4.78, 5) is 14.8. The van der Waals surface area contributed by atoms with E-state index in [-0.39, 0.29) is 5.43 Å². The number of likely N-dealkylation sites (tertiary alicyclic amines) is 1. The van der Waals surface area contributed by atoms with Crippen molar-refractivity contribution in [2.24, 2.45) is 0 Å². The molecule has 25 heavy (non-hydrogen) atoms.